The summed E-state index contributed by atoms with van der Waals surface area (Å²) < 4.78 is 10.3. The van der Waals surface area contributed by atoms with Gasteiger partial charge in [-0.2, -0.15) is 0 Å². The third-order valence-electron chi connectivity index (χ3n) is 2.94. The molecule has 0 bridgehead atoms. The van der Waals surface area contributed by atoms with Crippen molar-refractivity contribution in [1.29, 1.82) is 0 Å². The molecule has 2 aliphatic heterocycles. The highest BCUT2D eigenvalue weighted by Gasteiger charge is 2.25. The molecular weight excluding hydrogens is 224 g/mol. The third kappa shape index (κ3) is 3.10. The van der Waals surface area contributed by atoms with Crippen LogP contribution in [-0.2, 0) is 14.3 Å². The van der Waals surface area contributed by atoms with Crippen molar-refractivity contribution in [2.24, 2.45) is 0 Å². The van der Waals surface area contributed by atoms with Crippen LogP contribution in [0.25, 0.3) is 0 Å². The van der Waals surface area contributed by atoms with Crippen LogP contribution in [-0.4, -0.2) is 73.4 Å². The summed E-state index contributed by atoms with van der Waals surface area (Å²) in [7, 11) is 0. The van der Waals surface area contributed by atoms with Crippen molar-refractivity contribution in [1.82, 2.24) is 9.80 Å². The number of carbonyl (C=O) groups excluding carboxylic acids is 1. The minimum Gasteiger partial charge on any atom is -0.494 e. The number of aliphatic hydroxyl groups excluding tert-OH is 1. The van der Waals surface area contributed by atoms with Gasteiger partial charge in [0.1, 0.15) is 19.5 Å². The molecule has 0 aromatic carbocycles. The lowest BCUT2D eigenvalue weighted by Crippen LogP contribution is -2.50. The summed E-state index contributed by atoms with van der Waals surface area (Å²) in [4.78, 5) is 15.9. The van der Waals surface area contributed by atoms with Crippen molar-refractivity contribution in [2.45, 2.75) is 0 Å². The van der Waals surface area contributed by atoms with E-state index >= 15 is 0 Å². The molecule has 0 aliphatic carbocycles. The molecule has 0 spiro atoms. The van der Waals surface area contributed by atoms with Crippen molar-refractivity contribution in [2.75, 3.05) is 52.5 Å². The molecule has 0 aromatic rings. The van der Waals surface area contributed by atoms with E-state index in [0.717, 1.165) is 13.1 Å². The fraction of sp³-hybridized carbons (Fsp3) is 0.727. The van der Waals surface area contributed by atoms with Gasteiger partial charge < -0.3 is 19.5 Å². The molecular formula is C11H18N2O4. The van der Waals surface area contributed by atoms with E-state index in [-0.39, 0.29) is 12.5 Å². The summed E-state index contributed by atoms with van der Waals surface area (Å²) >= 11 is 0. The first kappa shape index (κ1) is 12.2. The number of carbonyl (C=O) groups is 1. The number of hydrogen-bond donors (Lipinski definition) is 1. The first-order valence-electron chi connectivity index (χ1n) is 5.88. The van der Waals surface area contributed by atoms with Gasteiger partial charge in [-0.1, -0.05) is 0 Å². The molecule has 2 rings (SSSR count). The van der Waals surface area contributed by atoms with Gasteiger partial charge in [-0.3, -0.25) is 9.69 Å². The van der Waals surface area contributed by atoms with Crippen molar-refractivity contribution >= 4 is 5.91 Å². The smallest absolute Gasteiger partial charge is 0.292 e. The van der Waals surface area contributed by atoms with Crippen LogP contribution in [0.5, 0.6) is 0 Å². The number of ether oxygens (including phenoxy) is 2. The predicted octanol–water partition coefficient (Wildman–Crippen LogP) is -0.989. The molecule has 0 radical (unpaired) electrons. The van der Waals surface area contributed by atoms with Crippen LogP contribution >= 0.6 is 0 Å². The second kappa shape index (κ2) is 5.88. The van der Waals surface area contributed by atoms with Crippen molar-refractivity contribution in [3.8, 4) is 0 Å². The Balaban J connectivity index is 1.83. The van der Waals surface area contributed by atoms with Crippen LogP contribution in [0.15, 0.2) is 12.0 Å². The Bertz CT molecular complexity index is 298. The predicted molar refractivity (Wildman–Crippen MR) is 60.1 cm³/mol. The fourth-order valence-corrected chi connectivity index (χ4v) is 1.95. The molecule has 1 amide bonds. The molecule has 2 aliphatic rings. The fourth-order valence-electron chi connectivity index (χ4n) is 1.95. The maximum Gasteiger partial charge on any atom is 0.292 e. The van der Waals surface area contributed by atoms with Gasteiger partial charge in [0, 0.05) is 32.7 Å². The van der Waals surface area contributed by atoms with Crippen molar-refractivity contribution in [3.63, 3.8) is 0 Å². The lowest BCUT2D eigenvalue weighted by Gasteiger charge is -2.34. The molecule has 0 aromatic heterocycles. The Labute approximate surface area is 100 Å². The maximum absolute atomic E-state index is 12.0. The highest BCUT2D eigenvalue weighted by atomic mass is 16.6. The van der Waals surface area contributed by atoms with Crippen molar-refractivity contribution < 1.29 is 19.4 Å². The lowest BCUT2D eigenvalue weighted by molar-refractivity contribution is -0.134. The van der Waals surface area contributed by atoms with E-state index in [1.807, 2.05) is 0 Å². The lowest BCUT2D eigenvalue weighted by atomic mass is 10.3. The van der Waals surface area contributed by atoms with Crippen molar-refractivity contribution in [3.05, 3.63) is 12.0 Å². The average Bonchev–Trinajstić information content (AvgIpc) is 2.40. The molecule has 1 saturated heterocycles. The zero-order chi connectivity index (χ0) is 12.1. The van der Waals surface area contributed by atoms with Gasteiger partial charge in [-0.25, -0.2) is 0 Å². The number of piperazine rings is 1. The Hall–Kier alpha value is -1.27. The second-order valence-corrected chi connectivity index (χ2v) is 4.06. The molecule has 1 fully saturated rings. The van der Waals surface area contributed by atoms with E-state index in [0.29, 0.717) is 38.6 Å². The molecule has 17 heavy (non-hydrogen) atoms. The molecule has 0 atom stereocenters. The van der Waals surface area contributed by atoms with Crippen LogP contribution in [0, 0.1) is 0 Å². The van der Waals surface area contributed by atoms with Gasteiger partial charge in [0.2, 0.25) is 5.76 Å². The Morgan fingerprint density at radius 2 is 2.06 bits per heavy atom. The quantitative estimate of drug-likeness (QED) is 0.688. The molecule has 1 N–H and O–H groups in total. The normalized spacial score (nSPS) is 21.5. The van der Waals surface area contributed by atoms with Crippen LogP contribution in [0.1, 0.15) is 0 Å². The molecule has 2 heterocycles. The highest BCUT2D eigenvalue weighted by Crippen LogP contribution is 2.11. The van der Waals surface area contributed by atoms with Gasteiger partial charge in [0.15, 0.2) is 0 Å². The Kier molecular flexibility index (Phi) is 4.22. The first-order valence-corrected chi connectivity index (χ1v) is 5.88. The number of β-amino-alcohol motifs (C(OH)–C–C–N with tert-alkyl or cyclic N) is 1. The number of amides is 1. The van der Waals surface area contributed by atoms with E-state index in [1.165, 1.54) is 6.26 Å². The minimum atomic E-state index is -0.103. The summed E-state index contributed by atoms with van der Waals surface area (Å²) in [5, 5.41) is 8.83. The first-order chi connectivity index (χ1) is 8.31. The minimum absolute atomic E-state index is 0.103. The number of aliphatic hydroxyl groups is 1. The highest BCUT2D eigenvalue weighted by molar-refractivity contribution is 5.91. The van der Waals surface area contributed by atoms with Gasteiger partial charge in [-0.05, 0) is 0 Å². The van der Waals surface area contributed by atoms with Gasteiger partial charge in [-0.15, -0.1) is 0 Å². The Morgan fingerprint density at radius 3 is 2.65 bits per heavy atom. The molecule has 0 saturated carbocycles. The van der Waals surface area contributed by atoms with E-state index in [9.17, 15) is 4.79 Å². The molecule has 6 heteroatoms. The standard InChI is InChI=1S/C11H18N2O4/c14-6-5-12-1-3-13(4-2-12)11(15)10-9-16-7-8-17-10/h9,14H,1-8H2. The van der Waals surface area contributed by atoms with Crippen LogP contribution in [0.4, 0.5) is 0 Å². The summed E-state index contributed by atoms with van der Waals surface area (Å²) in [5.74, 6) is 0.195. The SMILES string of the molecule is O=C(C1=COCCO1)N1CCN(CCO)CC1. The van der Waals surface area contributed by atoms with E-state index in [1.54, 1.807) is 4.90 Å². The molecule has 6 nitrogen and oxygen atoms in total. The van der Waals surface area contributed by atoms with Crippen LogP contribution < -0.4 is 0 Å². The van der Waals surface area contributed by atoms with E-state index < -0.39 is 0 Å². The molecule has 96 valence electrons. The summed E-state index contributed by atoms with van der Waals surface area (Å²) in [6.45, 7) is 4.68. The van der Waals surface area contributed by atoms with Gasteiger partial charge >= 0.3 is 0 Å². The largest absolute Gasteiger partial charge is 0.494 e. The average molecular weight is 242 g/mol. The number of rotatable bonds is 3. The van der Waals surface area contributed by atoms with Gasteiger partial charge in [0.05, 0.1) is 6.61 Å². The summed E-state index contributed by atoms with van der Waals surface area (Å²) in [6, 6.07) is 0. The third-order valence-corrected chi connectivity index (χ3v) is 2.94. The molecule has 0 unspecified atom stereocenters. The number of hydrogen-bond acceptors (Lipinski definition) is 5. The monoisotopic (exact) mass is 242 g/mol. The van der Waals surface area contributed by atoms with Crippen LogP contribution in [0.2, 0.25) is 0 Å². The summed E-state index contributed by atoms with van der Waals surface area (Å²) in [5.41, 5.74) is 0. The van der Waals surface area contributed by atoms with E-state index in [4.69, 9.17) is 14.6 Å². The summed E-state index contributed by atoms with van der Waals surface area (Å²) in [6.07, 6.45) is 1.39. The van der Waals surface area contributed by atoms with Gasteiger partial charge in [0.25, 0.3) is 5.91 Å². The second-order valence-electron chi connectivity index (χ2n) is 4.06. The maximum atomic E-state index is 12.0. The Morgan fingerprint density at radius 1 is 1.29 bits per heavy atom. The number of nitrogens with zero attached hydrogens (tertiary/aromatic N) is 2. The zero-order valence-corrected chi connectivity index (χ0v) is 9.80. The van der Waals surface area contributed by atoms with Crippen LogP contribution in [0.3, 0.4) is 0 Å². The van der Waals surface area contributed by atoms with E-state index in [2.05, 4.69) is 4.90 Å². The topological polar surface area (TPSA) is 62.2 Å². The zero-order valence-electron chi connectivity index (χ0n) is 9.80.